The molecule has 3 heteroatoms. The van der Waals surface area contributed by atoms with Crippen LogP contribution in [0.3, 0.4) is 0 Å². The van der Waals surface area contributed by atoms with Crippen molar-refractivity contribution in [1.82, 2.24) is 9.55 Å². The van der Waals surface area contributed by atoms with E-state index in [-0.39, 0.29) is 20.1 Å². The maximum Gasteiger partial charge on any atom is 0.0602 e. The predicted octanol–water partition coefficient (Wildman–Crippen LogP) is 5.89. The molecule has 2 aromatic carbocycles. The van der Waals surface area contributed by atoms with Crippen LogP contribution in [-0.2, 0) is 20.1 Å². The minimum atomic E-state index is 0. The van der Waals surface area contributed by atoms with Crippen LogP contribution in [0.1, 0.15) is 56.2 Å². The zero-order valence-corrected chi connectivity index (χ0v) is 17.9. The van der Waals surface area contributed by atoms with Crippen LogP contribution in [0.2, 0.25) is 0 Å². The number of benzene rings is 2. The largest absolute Gasteiger partial charge is 0.340 e. The number of hydrogen-bond donors (Lipinski definition) is 0. The number of rotatable bonds is 4. The summed E-state index contributed by atoms with van der Waals surface area (Å²) < 4.78 is 2.23. The summed E-state index contributed by atoms with van der Waals surface area (Å²) in [6.07, 6.45) is 3.95. The monoisotopic (exact) mass is 510 g/mol. The van der Waals surface area contributed by atoms with Gasteiger partial charge in [0.2, 0.25) is 0 Å². The first-order valence-electron chi connectivity index (χ1n) is 8.64. The molecule has 0 fully saturated rings. The molecule has 1 radical (unpaired) electrons. The van der Waals surface area contributed by atoms with Crippen molar-refractivity contribution in [3.05, 3.63) is 71.5 Å². The molecule has 0 bridgehead atoms. The van der Waals surface area contributed by atoms with Gasteiger partial charge >= 0.3 is 0 Å². The third-order valence-electron chi connectivity index (χ3n) is 4.39. The Morgan fingerprint density at radius 1 is 1.00 bits per heavy atom. The van der Waals surface area contributed by atoms with Crippen molar-refractivity contribution in [3.63, 3.8) is 0 Å². The quantitative estimate of drug-likeness (QED) is 0.401. The summed E-state index contributed by atoms with van der Waals surface area (Å²) in [4.78, 5) is 4.62. The van der Waals surface area contributed by atoms with Crippen molar-refractivity contribution < 1.29 is 20.1 Å². The van der Waals surface area contributed by atoms with Gasteiger partial charge in [0.05, 0.1) is 5.82 Å². The van der Waals surface area contributed by atoms with Crippen molar-refractivity contribution in [2.24, 2.45) is 0 Å². The SMILES string of the molecule is Cc1cc(C(C)C)c(-n2ccnc2-c2[c-]cccc2)c(C(C)C)c1.[Ir]. The van der Waals surface area contributed by atoms with Gasteiger partial charge in [0, 0.05) is 38.2 Å². The van der Waals surface area contributed by atoms with E-state index in [0.717, 1.165) is 11.4 Å². The van der Waals surface area contributed by atoms with E-state index in [4.69, 9.17) is 0 Å². The van der Waals surface area contributed by atoms with Gasteiger partial charge in [-0.2, -0.15) is 0 Å². The Balaban J connectivity index is 0.00000225. The molecule has 0 spiro atoms. The van der Waals surface area contributed by atoms with E-state index in [1.807, 2.05) is 24.4 Å². The molecule has 3 aromatic rings. The Morgan fingerprint density at radius 3 is 2.16 bits per heavy atom. The van der Waals surface area contributed by atoms with Crippen LogP contribution in [0.15, 0.2) is 48.8 Å². The average Bonchev–Trinajstić information content (AvgIpc) is 3.04. The van der Waals surface area contributed by atoms with Gasteiger partial charge in [-0.3, -0.25) is 4.98 Å². The van der Waals surface area contributed by atoms with Gasteiger partial charge in [0.25, 0.3) is 0 Å². The van der Waals surface area contributed by atoms with Crippen LogP contribution < -0.4 is 0 Å². The zero-order chi connectivity index (χ0) is 17.3. The maximum absolute atomic E-state index is 4.62. The third kappa shape index (κ3) is 3.94. The Labute approximate surface area is 164 Å². The summed E-state index contributed by atoms with van der Waals surface area (Å²) in [7, 11) is 0. The van der Waals surface area contributed by atoms with E-state index in [1.165, 1.54) is 22.4 Å². The van der Waals surface area contributed by atoms with Crippen LogP contribution in [0.25, 0.3) is 17.1 Å². The average molecular weight is 510 g/mol. The third-order valence-corrected chi connectivity index (χ3v) is 4.39. The molecule has 3 rings (SSSR count). The van der Waals surface area contributed by atoms with Gasteiger partial charge in [-0.05, 0) is 29.9 Å². The van der Waals surface area contributed by atoms with Crippen molar-refractivity contribution in [2.75, 3.05) is 0 Å². The molecule has 0 aliphatic carbocycles. The van der Waals surface area contributed by atoms with Gasteiger partial charge in [-0.15, -0.1) is 35.9 Å². The van der Waals surface area contributed by atoms with Gasteiger partial charge in [0.1, 0.15) is 0 Å². The summed E-state index contributed by atoms with van der Waals surface area (Å²) in [5.41, 5.74) is 6.35. The molecule has 25 heavy (non-hydrogen) atoms. The Kier molecular flexibility index (Phi) is 6.37. The van der Waals surface area contributed by atoms with E-state index in [9.17, 15) is 0 Å². The topological polar surface area (TPSA) is 17.8 Å². The van der Waals surface area contributed by atoms with Gasteiger partial charge < -0.3 is 4.57 Å². The van der Waals surface area contributed by atoms with Crippen LogP contribution in [-0.4, -0.2) is 9.55 Å². The fraction of sp³-hybridized carbons (Fsp3) is 0.318. The molecule has 133 valence electrons. The maximum atomic E-state index is 4.62. The Bertz CT molecular complexity index is 803. The first-order chi connectivity index (χ1) is 11.5. The van der Waals surface area contributed by atoms with Gasteiger partial charge in [-0.25, -0.2) is 0 Å². The van der Waals surface area contributed by atoms with E-state index >= 15 is 0 Å². The first kappa shape index (κ1) is 19.6. The van der Waals surface area contributed by atoms with E-state index in [1.54, 1.807) is 0 Å². The normalized spacial score (nSPS) is 11.0. The molecule has 0 amide bonds. The second-order valence-electron chi connectivity index (χ2n) is 7.00. The molecule has 0 atom stereocenters. The van der Waals surface area contributed by atoms with E-state index < -0.39 is 0 Å². The zero-order valence-electron chi connectivity index (χ0n) is 15.5. The van der Waals surface area contributed by atoms with Crippen LogP contribution in [0, 0.1) is 13.0 Å². The van der Waals surface area contributed by atoms with Crippen molar-refractivity contribution in [3.8, 4) is 17.1 Å². The number of nitrogens with zero attached hydrogens (tertiary/aromatic N) is 2. The van der Waals surface area contributed by atoms with E-state index in [0.29, 0.717) is 11.8 Å². The number of imidazole rings is 1. The molecule has 0 aliphatic rings. The second-order valence-corrected chi connectivity index (χ2v) is 7.00. The summed E-state index contributed by atoms with van der Waals surface area (Å²) in [6, 6.07) is 16.0. The molecule has 0 N–H and O–H groups in total. The number of hydrogen-bond acceptors (Lipinski definition) is 1. The van der Waals surface area contributed by atoms with Gasteiger partial charge in [-0.1, -0.05) is 45.4 Å². The molecule has 1 heterocycles. The molecule has 0 saturated heterocycles. The minimum Gasteiger partial charge on any atom is -0.340 e. The van der Waals surface area contributed by atoms with Crippen molar-refractivity contribution >= 4 is 0 Å². The first-order valence-corrected chi connectivity index (χ1v) is 8.64. The predicted molar refractivity (Wildman–Crippen MR) is 101 cm³/mol. The Morgan fingerprint density at radius 2 is 1.64 bits per heavy atom. The van der Waals surface area contributed by atoms with Crippen LogP contribution >= 0.6 is 0 Å². The summed E-state index contributed by atoms with van der Waals surface area (Å²) in [5, 5.41) is 0. The van der Waals surface area contributed by atoms with Crippen LogP contribution in [0.5, 0.6) is 0 Å². The molecule has 0 unspecified atom stereocenters. The van der Waals surface area contributed by atoms with Crippen molar-refractivity contribution in [1.29, 1.82) is 0 Å². The fourth-order valence-corrected chi connectivity index (χ4v) is 3.21. The van der Waals surface area contributed by atoms with Crippen LogP contribution in [0.4, 0.5) is 0 Å². The number of aromatic nitrogens is 2. The molecular weight excluding hydrogens is 484 g/mol. The molecular formula is C22H25IrN2-. The Hall–Kier alpha value is -1.70. The molecule has 2 nitrogen and oxygen atoms in total. The smallest absolute Gasteiger partial charge is 0.0602 e. The second kappa shape index (κ2) is 8.12. The molecule has 1 aromatic heterocycles. The fourth-order valence-electron chi connectivity index (χ4n) is 3.21. The summed E-state index contributed by atoms with van der Waals surface area (Å²) >= 11 is 0. The summed E-state index contributed by atoms with van der Waals surface area (Å²) in [5.74, 6) is 1.85. The van der Waals surface area contributed by atoms with E-state index in [2.05, 4.69) is 74.6 Å². The minimum absolute atomic E-state index is 0. The molecule has 0 aliphatic heterocycles. The molecule has 0 saturated carbocycles. The van der Waals surface area contributed by atoms with Crippen molar-refractivity contribution in [2.45, 2.75) is 46.5 Å². The standard InChI is InChI=1S/C22H25N2.Ir/c1-15(2)19-13-17(5)14-20(16(3)4)21(19)24-12-11-23-22(24)18-9-7-6-8-10-18;/h6-9,11-16H,1-5H3;/q-1;. The number of aryl methyl sites for hydroxylation is 1. The van der Waals surface area contributed by atoms with Gasteiger partial charge in [0.15, 0.2) is 0 Å². The summed E-state index contributed by atoms with van der Waals surface area (Å²) in [6.45, 7) is 11.2.